The highest BCUT2D eigenvalue weighted by molar-refractivity contribution is 6.30. The monoisotopic (exact) mass is 357 g/mol. The molecule has 3 heterocycles. The van der Waals surface area contributed by atoms with Crippen LogP contribution in [0.3, 0.4) is 0 Å². The summed E-state index contributed by atoms with van der Waals surface area (Å²) in [7, 11) is 1.92. The molecule has 140 valence electrons. The van der Waals surface area contributed by atoms with Crippen LogP contribution in [-0.2, 0) is 0 Å². The number of anilines is 1. The van der Waals surface area contributed by atoms with Gasteiger partial charge in [0.15, 0.2) is 13.7 Å². The maximum atomic E-state index is 5.72. The molecule has 2 aromatic rings. The van der Waals surface area contributed by atoms with Gasteiger partial charge in [-0.2, -0.15) is 4.98 Å². The quantitative estimate of drug-likeness (QED) is 0.696. The first-order chi connectivity index (χ1) is 12.5. The summed E-state index contributed by atoms with van der Waals surface area (Å²) in [6.07, 6.45) is 6.74. The van der Waals surface area contributed by atoms with Crippen molar-refractivity contribution >= 4 is 19.5 Å². The van der Waals surface area contributed by atoms with Gasteiger partial charge in [0.25, 0.3) is 0 Å². The van der Waals surface area contributed by atoms with Gasteiger partial charge in [-0.1, -0.05) is 25.9 Å². The van der Waals surface area contributed by atoms with Gasteiger partial charge in [0.1, 0.15) is 0 Å². The number of rotatable bonds is 7. The fourth-order valence-electron chi connectivity index (χ4n) is 3.29. The number of hydrogen-bond donors (Lipinski definition) is 0. The van der Waals surface area contributed by atoms with Crippen molar-refractivity contribution in [1.29, 1.82) is 0 Å². The summed E-state index contributed by atoms with van der Waals surface area (Å²) in [6.45, 7) is 9.09. The zero-order chi connectivity index (χ0) is 18.5. The summed E-state index contributed by atoms with van der Waals surface area (Å²) < 4.78 is 11.1. The summed E-state index contributed by atoms with van der Waals surface area (Å²) >= 11 is 0. The Kier molecular flexibility index (Phi) is 6.11. The molecule has 26 heavy (non-hydrogen) atoms. The van der Waals surface area contributed by atoms with Gasteiger partial charge in [0.2, 0.25) is 5.88 Å². The van der Waals surface area contributed by atoms with Crippen molar-refractivity contribution in [3.8, 4) is 5.88 Å². The van der Waals surface area contributed by atoms with E-state index in [2.05, 4.69) is 45.8 Å². The third-order valence-electron chi connectivity index (χ3n) is 5.14. The van der Waals surface area contributed by atoms with Crippen molar-refractivity contribution in [2.24, 2.45) is 11.8 Å². The van der Waals surface area contributed by atoms with Crippen LogP contribution >= 0.6 is 0 Å². The van der Waals surface area contributed by atoms with E-state index in [1.165, 1.54) is 0 Å². The van der Waals surface area contributed by atoms with E-state index in [9.17, 15) is 0 Å². The van der Waals surface area contributed by atoms with E-state index >= 15 is 0 Å². The molecule has 1 saturated heterocycles. The van der Waals surface area contributed by atoms with Crippen LogP contribution < -0.4 is 15.2 Å². The summed E-state index contributed by atoms with van der Waals surface area (Å²) in [6, 6.07) is 0.668. The second kappa shape index (κ2) is 8.51. The molecule has 0 bridgehead atoms. The average molecular weight is 357 g/mol. The van der Waals surface area contributed by atoms with Gasteiger partial charge in [-0.3, -0.25) is 4.98 Å². The van der Waals surface area contributed by atoms with Gasteiger partial charge < -0.3 is 14.2 Å². The maximum Gasteiger partial charge on any atom is 0.324 e. The standard InChI is InChI=1S/C18H28BN5O2/c1-12(2)17-22-18(26-23-17)24-7-4-14(5-8-24)13(3)6-9-25-16-11-20-15(19)10-21-16/h10-14H,4-9,19H2,1-3H3/t13-/m1/s1. The van der Waals surface area contributed by atoms with Gasteiger partial charge in [-0.25, -0.2) is 4.98 Å². The second-order valence-corrected chi connectivity index (χ2v) is 7.52. The lowest BCUT2D eigenvalue weighted by atomic mass is 9.84. The Bertz CT molecular complexity index is 683. The van der Waals surface area contributed by atoms with E-state index in [-0.39, 0.29) is 0 Å². The highest BCUT2D eigenvalue weighted by atomic mass is 16.5. The molecular formula is C18H28BN5O2. The first-order valence-electron chi connectivity index (χ1n) is 9.53. The van der Waals surface area contributed by atoms with E-state index in [0.717, 1.165) is 43.8 Å². The average Bonchev–Trinajstić information content (AvgIpc) is 3.14. The van der Waals surface area contributed by atoms with Crippen molar-refractivity contribution < 1.29 is 9.26 Å². The molecule has 0 spiro atoms. The zero-order valence-corrected chi connectivity index (χ0v) is 16.2. The minimum atomic E-state index is 0.295. The molecule has 3 rings (SSSR count). The summed E-state index contributed by atoms with van der Waals surface area (Å²) in [4.78, 5) is 15.2. The first-order valence-corrected chi connectivity index (χ1v) is 9.53. The van der Waals surface area contributed by atoms with E-state index in [1.54, 1.807) is 12.4 Å². The van der Waals surface area contributed by atoms with Crippen LogP contribution in [0.5, 0.6) is 5.88 Å². The third kappa shape index (κ3) is 4.74. The molecule has 1 aliphatic rings. The fourth-order valence-corrected chi connectivity index (χ4v) is 3.29. The molecular weight excluding hydrogens is 329 g/mol. The number of piperidine rings is 1. The summed E-state index contributed by atoms with van der Waals surface area (Å²) in [5, 5.41) is 4.06. The van der Waals surface area contributed by atoms with Crippen molar-refractivity contribution in [1.82, 2.24) is 20.1 Å². The Morgan fingerprint density at radius 1 is 1.23 bits per heavy atom. The van der Waals surface area contributed by atoms with Crippen LogP contribution in [0.15, 0.2) is 16.9 Å². The van der Waals surface area contributed by atoms with Crippen LogP contribution in [0, 0.1) is 11.8 Å². The van der Waals surface area contributed by atoms with E-state index in [1.807, 2.05) is 7.85 Å². The lowest BCUT2D eigenvalue weighted by Crippen LogP contribution is -2.36. The van der Waals surface area contributed by atoms with Crippen molar-refractivity contribution in [2.75, 3.05) is 24.6 Å². The number of hydrogen-bond acceptors (Lipinski definition) is 7. The molecule has 0 amide bonds. The topological polar surface area (TPSA) is 77.2 Å². The van der Waals surface area contributed by atoms with Gasteiger partial charge in [-0.15, -0.1) is 0 Å². The van der Waals surface area contributed by atoms with Crippen LogP contribution in [0.1, 0.15) is 51.8 Å². The minimum absolute atomic E-state index is 0.295. The lowest BCUT2D eigenvalue weighted by molar-refractivity contribution is 0.216. The molecule has 0 aromatic carbocycles. The Balaban J connectivity index is 1.41. The van der Waals surface area contributed by atoms with Crippen LogP contribution in [-0.4, -0.2) is 47.7 Å². The smallest absolute Gasteiger partial charge is 0.324 e. The van der Waals surface area contributed by atoms with Crippen molar-refractivity contribution in [3.05, 3.63) is 18.2 Å². The second-order valence-electron chi connectivity index (χ2n) is 7.52. The lowest BCUT2D eigenvalue weighted by Gasteiger charge is -2.33. The molecule has 8 heteroatoms. The SMILES string of the molecule is Bc1cnc(OCC[C@@H](C)C2CCN(c3nc(C(C)C)no3)CC2)cn1. The van der Waals surface area contributed by atoms with Gasteiger partial charge in [0, 0.05) is 30.8 Å². The predicted molar refractivity (Wildman–Crippen MR) is 103 cm³/mol. The van der Waals surface area contributed by atoms with Crippen molar-refractivity contribution in [3.63, 3.8) is 0 Å². The summed E-state index contributed by atoms with van der Waals surface area (Å²) in [5.74, 6) is 3.00. The molecule has 1 aliphatic heterocycles. The molecule has 7 nitrogen and oxygen atoms in total. The first kappa shape index (κ1) is 18.7. The number of ether oxygens (including phenoxy) is 1. The molecule has 0 unspecified atom stereocenters. The van der Waals surface area contributed by atoms with Gasteiger partial charge >= 0.3 is 6.01 Å². The Morgan fingerprint density at radius 3 is 2.62 bits per heavy atom. The van der Waals surface area contributed by atoms with Gasteiger partial charge in [0.05, 0.1) is 12.8 Å². The predicted octanol–water partition coefficient (Wildman–Crippen LogP) is 1.56. The number of nitrogens with zero attached hydrogens (tertiary/aromatic N) is 5. The van der Waals surface area contributed by atoms with Gasteiger partial charge in [-0.05, 0) is 31.1 Å². The Labute approximate surface area is 156 Å². The number of aromatic nitrogens is 4. The summed E-state index contributed by atoms with van der Waals surface area (Å²) in [5.41, 5.74) is 0.902. The molecule has 0 radical (unpaired) electrons. The highest BCUT2D eigenvalue weighted by Crippen LogP contribution is 2.29. The molecule has 0 N–H and O–H groups in total. The zero-order valence-electron chi connectivity index (χ0n) is 16.2. The van der Waals surface area contributed by atoms with Crippen LogP contribution in [0.25, 0.3) is 0 Å². The largest absolute Gasteiger partial charge is 0.477 e. The molecule has 2 aromatic heterocycles. The molecule has 0 saturated carbocycles. The Hall–Kier alpha value is -2.12. The fraction of sp³-hybridized carbons (Fsp3) is 0.667. The molecule has 1 atom stereocenters. The highest BCUT2D eigenvalue weighted by Gasteiger charge is 2.26. The van der Waals surface area contributed by atoms with Crippen LogP contribution in [0.2, 0.25) is 0 Å². The van der Waals surface area contributed by atoms with E-state index in [4.69, 9.17) is 9.26 Å². The van der Waals surface area contributed by atoms with E-state index in [0.29, 0.717) is 36.3 Å². The minimum Gasteiger partial charge on any atom is -0.477 e. The molecule has 0 aliphatic carbocycles. The third-order valence-corrected chi connectivity index (χ3v) is 5.14. The van der Waals surface area contributed by atoms with Crippen LogP contribution in [0.4, 0.5) is 6.01 Å². The Morgan fingerprint density at radius 2 is 2.00 bits per heavy atom. The normalized spacial score (nSPS) is 16.8. The van der Waals surface area contributed by atoms with Crippen molar-refractivity contribution in [2.45, 2.75) is 46.0 Å². The maximum absolute atomic E-state index is 5.72. The molecule has 1 fully saturated rings. The van der Waals surface area contributed by atoms with E-state index < -0.39 is 0 Å².